The van der Waals surface area contributed by atoms with Crippen LogP contribution in [-0.4, -0.2) is 26.0 Å². The van der Waals surface area contributed by atoms with Crippen molar-refractivity contribution < 1.29 is 14.2 Å². The van der Waals surface area contributed by atoms with Crippen molar-refractivity contribution in [2.45, 2.75) is 0 Å². The van der Waals surface area contributed by atoms with Crippen molar-refractivity contribution in [2.24, 2.45) is 0 Å². The van der Waals surface area contributed by atoms with Crippen LogP contribution >= 0.6 is 0 Å². The Morgan fingerprint density at radius 2 is 1.90 bits per heavy atom. The fourth-order valence-corrected chi connectivity index (χ4v) is 2.35. The molecule has 0 radical (unpaired) electrons. The number of hydrogen-bond acceptors (Lipinski definition) is 4. The van der Waals surface area contributed by atoms with Crippen LogP contribution in [0, 0.1) is 0 Å². The zero-order chi connectivity index (χ0) is 13.9. The summed E-state index contributed by atoms with van der Waals surface area (Å²) >= 11 is 0. The summed E-state index contributed by atoms with van der Waals surface area (Å²) in [7, 11) is 3.22. The molecule has 0 fully saturated rings. The molecule has 0 aliphatic heterocycles. The Hall–Kier alpha value is -2.33. The highest BCUT2D eigenvalue weighted by molar-refractivity contribution is 6.10. The number of methoxy groups -OCH3 is 2. The van der Waals surface area contributed by atoms with E-state index >= 15 is 0 Å². The summed E-state index contributed by atoms with van der Waals surface area (Å²) in [5.41, 5.74) is 0.926. The van der Waals surface area contributed by atoms with Crippen LogP contribution in [0.1, 0.15) is 0 Å². The zero-order valence-electron chi connectivity index (χ0n) is 11.4. The lowest BCUT2D eigenvalue weighted by molar-refractivity contribution is 0.0504. The first-order valence-corrected chi connectivity index (χ1v) is 6.31. The van der Waals surface area contributed by atoms with Gasteiger partial charge in [-0.15, -0.1) is 0 Å². The number of ether oxygens (including phenoxy) is 3. The molecule has 0 bridgehead atoms. The van der Waals surface area contributed by atoms with E-state index < -0.39 is 0 Å². The van der Waals surface area contributed by atoms with E-state index in [0.29, 0.717) is 11.5 Å². The summed E-state index contributed by atoms with van der Waals surface area (Å²) in [5, 5.41) is 3.11. The first kappa shape index (κ1) is 12.7. The van der Waals surface area contributed by atoms with Gasteiger partial charge >= 0.3 is 0 Å². The third-order valence-electron chi connectivity index (χ3n) is 3.22. The third-order valence-corrected chi connectivity index (χ3v) is 3.22. The Morgan fingerprint density at radius 3 is 2.70 bits per heavy atom. The van der Waals surface area contributed by atoms with Gasteiger partial charge in [-0.3, -0.25) is 4.98 Å². The van der Waals surface area contributed by atoms with Crippen LogP contribution in [0.4, 0.5) is 0 Å². The second-order valence-corrected chi connectivity index (χ2v) is 4.38. The van der Waals surface area contributed by atoms with Crippen LogP contribution in [-0.2, 0) is 4.74 Å². The summed E-state index contributed by atoms with van der Waals surface area (Å²) < 4.78 is 16.1. The molecule has 0 aliphatic rings. The van der Waals surface area contributed by atoms with Crippen molar-refractivity contribution in [3.8, 4) is 11.5 Å². The predicted molar refractivity (Wildman–Crippen MR) is 78.3 cm³/mol. The lowest BCUT2D eigenvalue weighted by Gasteiger charge is -2.14. The second-order valence-electron chi connectivity index (χ2n) is 4.38. The smallest absolute Gasteiger partial charge is 0.188 e. The van der Waals surface area contributed by atoms with Crippen LogP contribution in [0.25, 0.3) is 21.7 Å². The highest BCUT2D eigenvalue weighted by atomic mass is 16.7. The summed E-state index contributed by atoms with van der Waals surface area (Å²) in [4.78, 5) is 4.38. The minimum atomic E-state index is 0.173. The summed E-state index contributed by atoms with van der Waals surface area (Å²) in [6.45, 7) is 0.173. The molecular formula is C16H15NO3. The van der Waals surface area contributed by atoms with Crippen LogP contribution < -0.4 is 9.47 Å². The summed E-state index contributed by atoms with van der Waals surface area (Å²) in [6.07, 6.45) is 1.78. The second kappa shape index (κ2) is 5.35. The Labute approximate surface area is 116 Å². The van der Waals surface area contributed by atoms with Gasteiger partial charge in [0.25, 0.3) is 0 Å². The molecule has 1 heterocycles. The number of fused-ring (bicyclic) bond motifs is 3. The molecule has 0 unspecified atom stereocenters. The van der Waals surface area contributed by atoms with Crippen molar-refractivity contribution in [3.05, 3.63) is 42.6 Å². The van der Waals surface area contributed by atoms with Crippen molar-refractivity contribution in [1.29, 1.82) is 0 Å². The Kier molecular flexibility index (Phi) is 3.39. The molecule has 0 N–H and O–H groups in total. The van der Waals surface area contributed by atoms with Gasteiger partial charge in [-0.2, -0.15) is 0 Å². The first-order chi connectivity index (χ1) is 9.85. The first-order valence-electron chi connectivity index (χ1n) is 6.31. The van der Waals surface area contributed by atoms with Gasteiger partial charge in [0.1, 0.15) is 0 Å². The fraction of sp³-hybridized carbons (Fsp3) is 0.188. The standard InChI is InChI=1S/C16H15NO3/c1-18-10-20-16-14(19-2)8-6-11-5-7-13-12(15(11)16)4-3-9-17-13/h3-9H,10H2,1-2H3. The van der Waals surface area contributed by atoms with Gasteiger partial charge in [0.05, 0.1) is 12.6 Å². The monoisotopic (exact) mass is 269 g/mol. The molecule has 2 aromatic carbocycles. The molecule has 4 heteroatoms. The van der Waals surface area contributed by atoms with Gasteiger partial charge < -0.3 is 14.2 Å². The number of aromatic nitrogens is 1. The Bertz CT molecular complexity index is 755. The summed E-state index contributed by atoms with van der Waals surface area (Å²) in [6, 6.07) is 11.9. The fourth-order valence-electron chi connectivity index (χ4n) is 2.35. The largest absolute Gasteiger partial charge is 0.493 e. The molecule has 0 spiro atoms. The molecule has 102 valence electrons. The molecule has 0 aliphatic carbocycles. The molecule has 0 saturated carbocycles. The van der Waals surface area contributed by atoms with E-state index in [9.17, 15) is 0 Å². The van der Waals surface area contributed by atoms with Crippen molar-refractivity contribution in [3.63, 3.8) is 0 Å². The maximum absolute atomic E-state index is 5.72. The highest BCUT2D eigenvalue weighted by Gasteiger charge is 2.13. The van der Waals surface area contributed by atoms with E-state index in [4.69, 9.17) is 14.2 Å². The molecule has 3 aromatic rings. The minimum Gasteiger partial charge on any atom is -0.493 e. The van der Waals surface area contributed by atoms with Gasteiger partial charge in [0.2, 0.25) is 0 Å². The average molecular weight is 269 g/mol. The average Bonchev–Trinajstić information content (AvgIpc) is 2.52. The van der Waals surface area contributed by atoms with Gasteiger partial charge in [-0.05, 0) is 23.6 Å². The Morgan fingerprint density at radius 1 is 1.05 bits per heavy atom. The van der Waals surface area contributed by atoms with Crippen LogP contribution in [0.2, 0.25) is 0 Å². The van der Waals surface area contributed by atoms with Gasteiger partial charge in [-0.1, -0.05) is 18.2 Å². The number of rotatable bonds is 4. The molecule has 0 atom stereocenters. The predicted octanol–water partition coefficient (Wildman–Crippen LogP) is 3.38. The van der Waals surface area contributed by atoms with Gasteiger partial charge in [-0.25, -0.2) is 0 Å². The number of benzene rings is 2. The van der Waals surface area contributed by atoms with E-state index in [2.05, 4.69) is 4.98 Å². The van der Waals surface area contributed by atoms with Crippen LogP contribution in [0.5, 0.6) is 11.5 Å². The van der Waals surface area contributed by atoms with Gasteiger partial charge in [0.15, 0.2) is 18.3 Å². The van der Waals surface area contributed by atoms with E-state index in [0.717, 1.165) is 21.7 Å². The molecular weight excluding hydrogens is 254 g/mol. The highest BCUT2D eigenvalue weighted by Crippen LogP contribution is 2.39. The number of hydrogen-bond donors (Lipinski definition) is 0. The molecule has 4 nitrogen and oxygen atoms in total. The lowest BCUT2D eigenvalue weighted by Crippen LogP contribution is -2.01. The molecule has 1 aromatic heterocycles. The SMILES string of the molecule is COCOc1c(OC)ccc2ccc3ncccc3c12. The topological polar surface area (TPSA) is 40.6 Å². The van der Waals surface area contributed by atoms with Gasteiger partial charge in [0, 0.05) is 24.1 Å². The molecule has 0 saturated heterocycles. The minimum absolute atomic E-state index is 0.173. The van der Waals surface area contributed by atoms with E-state index in [1.807, 2.05) is 36.4 Å². The maximum Gasteiger partial charge on any atom is 0.188 e. The Balaban J connectivity index is 2.37. The van der Waals surface area contributed by atoms with Crippen molar-refractivity contribution in [1.82, 2.24) is 4.98 Å². The van der Waals surface area contributed by atoms with Crippen LogP contribution in [0.3, 0.4) is 0 Å². The van der Waals surface area contributed by atoms with Crippen molar-refractivity contribution in [2.75, 3.05) is 21.0 Å². The zero-order valence-corrected chi connectivity index (χ0v) is 11.4. The molecule has 0 amide bonds. The lowest BCUT2D eigenvalue weighted by atomic mass is 10.0. The third kappa shape index (κ3) is 2.04. The molecule has 20 heavy (non-hydrogen) atoms. The number of nitrogens with zero attached hydrogens (tertiary/aromatic N) is 1. The number of pyridine rings is 1. The molecule has 3 rings (SSSR count). The van der Waals surface area contributed by atoms with Crippen molar-refractivity contribution >= 4 is 21.7 Å². The van der Waals surface area contributed by atoms with E-state index in [1.165, 1.54) is 0 Å². The van der Waals surface area contributed by atoms with E-state index in [-0.39, 0.29) is 6.79 Å². The normalized spacial score (nSPS) is 10.9. The quantitative estimate of drug-likeness (QED) is 0.538. The maximum atomic E-state index is 5.72. The van der Waals surface area contributed by atoms with E-state index in [1.54, 1.807) is 20.4 Å². The van der Waals surface area contributed by atoms with Crippen LogP contribution in [0.15, 0.2) is 42.6 Å². The summed E-state index contributed by atoms with van der Waals surface area (Å²) in [5.74, 6) is 1.37.